The second-order valence-corrected chi connectivity index (χ2v) is 5.25. The van der Waals surface area contributed by atoms with Gasteiger partial charge in [-0.05, 0) is 36.3 Å². The Kier molecular flexibility index (Phi) is 3.50. The fourth-order valence-corrected chi connectivity index (χ4v) is 2.05. The summed E-state index contributed by atoms with van der Waals surface area (Å²) in [5.74, 6) is 1.13. The molecule has 1 saturated carbocycles. The fraction of sp³-hybridized carbons (Fsp3) is 0.615. The van der Waals surface area contributed by atoms with Crippen molar-refractivity contribution < 1.29 is 4.79 Å². The molecule has 1 fully saturated rings. The van der Waals surface area contributed by atoms with Gasteiger partial charge in [0.15, 0.2) is 5.69 Å². The number of nitrogens with zero attached hydrogens (tertiary/aromatic N) is 2. The summed E-state index contributed by atoms with van der Waals surface area (Å²) in [5, 5.41) is 13.6. The van der Waals surface area contributed by atoms with Crippen molar-refractivity contribution in [1.82, 2.24) is 15.5 Å². The van der Waals surface area contributed by atoms with Crippen molar-refractivity contribution in [3.05, 3.63) is 17.8 Å². The lowest BCUT2D eigenvalue weighted by atomic mass is 9.92. The number of nitrogens with one attached hydrogen (secondary N) is 2. The Morgan fingerprint density at radius 2 is 2.11 bits per heavy atom. The zero-order chi connectivity index (χ0) is 13.2. The molecule has 1 amide bonds. The average molecular weight is 248 g/mol. The molecule has 0 spiro atoms. The van der Waals surface area contributed by atoms with Crippen molar-refractivity contribution >= 4 is 11.7 Å². The molecule has 1 aromatic heterocycles. The Morgan fingerprint density at radius 3 is 2.56 bits per heavy atom. The molecule has 2 N–H and O–H groups in total. The molecule has 18 heavy (non-hydrogen) atoms. The lowest BCUT2D eigenvalue weighted by molar-refractivity contribution is 0.0934. The van der Waals surface area contributed by atoms with Crippen molar-refractivity contribution in [2.75, 3.05) is 18.9 Å². The molecule has 0 unspecified atom stereocenters. The van der Waals surface area contributed by atoms with Crippen LogP contribution in [0.5, 0.6) is 0 Å². The van der Waals surface area contributed by atoms with Crippen LogP contribution in [0.1, 0.15) is 37.2 Å². The van der Waals surface area contributed by atoms with Crippen molar-refractivity contribution in [2.24, 2.45) is 11.3 Å². The van der Waals surface area contributed by atoms with E-state index in [-0.39, 0.29) is 5.91 Å². The van der Waals surface area contributed by atoms with Crippen molar-refractivity contribution in [3.63, 3.8) is 0 Å². The third-order valence-corrected chi connectivity index (χ3v) is 3.87. The maximum Gasteiger partial charge on any atom is 0.271 e. The Morgan fingerprint density at radius 1 is 1.39 bits per heavy atom. The lowest BCUT2D eigenvalue weighted by Gasteiger charge is -2.19. The molecule has 0 aliphatic heterocycles. The molecule has 0 saturated heterocycles. The summed E-state index contributed by atoms with van der Waals surface area (Å²) in [6.07, 6.45) is 2.41. The van der Waals surface area contributed by atoms with Crippen molar-refractivity contribution in [3.8, 4) is 0 Å². The molecular weight excluding hydrogens is 228 g/mol. The maximum absolute atomic E-state index is 11.9. The van der Waals surface area contributed by atoms with E-state index < -0.39 is 0 Å². The number of hydrogen-bond donors (Lipinski definition) is 2. The highest BCUT2D eigenvalue weighted by Gasteiger charge is 2.45. The second kappa shape index (κ2) is 4.92. The van der Waals surface area contributed by atoms with Crippen LogP contribution in [0.15, 0.2) is 12.1 Å². The van der Waals surface area contributed by atoms with E-state index in [4.69, 9.17) is 0 Å². The van der Waals surface area contributed by atoms with Gasteiger partial charge in [0.1, 0.15) is 5.82 Å². The van der Waals surface area contributed by atoms with E-state index in [1.54, 1.807) is 19.2 Å². The monoisotopic (exact) mass is 248 g/mol. The minimum absolute atomic E-state index is 0.142. The zero-order valence-corrected chi connectivity index (χ0v) is 11.2. The van der Waals surface area contributed by atoms with Gasteiger partial charge in [0.25, 0.3) is 5.91 Å². The number of anilines is 1. The minimum atomic E-state index is -0.142. The summed E-state index contributed by atoms with van der Waals surface area (Å²) in [6.45, 7) is 5.15. The molecule has 0 radical (unpaired) electrons. The lowest BCUT2D eigenvalue weighted by Crippen LogP contribution is -2.33. The number of rotatable bonds is 5. The first kappa shape index (κ1) is 12.8. The molecule has 5 heteroatoms. The Labute approximate surface area is 107 Å². The van der Waals surface area contributed by atoms with E-state index in [2.05, 4.69) is 34.7 Å². The van der Waals surface area contributed by atoms with Crippen LogP contribution >= 0.6 is 0 Å². The highest BCUT2D eigenvalue weighted by Crippen LogP contribution is 2.51. The van der Waals surface area contributed by atoms with Crippen LogP contribution in [0.2, 0.25) is 0 Å². The molecule has 0 aromatic carbocycles. The molecule has 0 bridgehead atoms. The van der Waals surface area contributed by atoms with Crippen LogP contribution in [-0.4, -0.2) is 29.7 Å². The largest absolute Gasteiger partial charge is 0.372 e. The van der Waals surface area contributed by atoms with Crippen LogP contribution in [0, 0.1) is 11.3 Å². The summed E-state index contributed by atoms with van der Waals surface area (Å²) in [4.78, 5) is 11.9. The fourth-order valence-electron chi connectivity index (χ4n) is 2.05. The van der Waals surface area contributed by atoms with Gasteiger partial charge in [0.05, 0.1) is 0 Å². The van der Waals surface area contributed by atoms with E-state index in [0.717, 1.165) is 6.54 Å². The van der Waals surface area contributed by atoms with Crippen LogP contribution in [0.4, 0.5) is 5.82 Å². The molecule has 1 aliphatic rings. The minimum Gasteiger partial charge on any atom is -0.372 e. The highest BCUT2D eigenvalue weighted by atomic mass is 16.1. The molecular formula is C13H20N4O. The normalized spacial score (nSPS) is 16.4. The van der Waals surface area contributed by atoms with Crippen LogP contribution in [0.25, 0.3) is 0 Å². The van der Waals surface area contributed by atoms with Gasteiger partial charge in [-0.1, -0.05) is 13.8 Å². The van der Waals surface area contributed by atoms with Gasteiger partial charge in [-0.15, -0.1) is 10.2 Å². The maximum atomic E-state index is 11.9. The van der Waals surface area contributed by atoms with Crippen molar-refractivity contribution in [2.45, 2.75) is 26.7 Å². The number of aromatic nitrogens is 2. The molecule has 1 aromatic rings. The molecule has 98 valence electrons. The van der Waals surface area contributed by atoms with Gasteiger partial charge < -0.3 is 10.6 Å². The zero-order valence-electron chi connectivity index (χ0n) is 11.2. The number of carbonyl (C=O) groups excluding carboxylic acids is 1. The van der Waals surface area contributed by atoms with Crippen molar-refractivity contribution in [1.29, 1.82) is 0 Å². The average Bonchev–Trinajstić information content (AvgIpc) is 3.17. The summed E-state index contributed by atoms with van der Waals surface area (Å²) in [7, 11) is 1.77. The van der Waals surface area contributed by atoms with E-state index >= 15 is 0 Å². The summed E-state index contributed by atoms with van der Waals surface area (Å²) in [5.41, 5.74) is 0.683. The second-order valence-electron chi connectivity index (χ2n) is 5.25. The van der Waals surface area contributed by atoms with Gasteiger partial charge in [0, 0.05) is 13.6 Å². The molecule has 1 aliphatic carbocycles. The summed E-state index contributed by atoms with van der Waals surface area (Å²) in [6, 6.07) is 3.43. The molecule has 1 heterocycles. The van der Waals surface area contributed by atoms with E-state index in [1.807, 2.05) is 0 Å². The molecule has 2 rings (SSSR count). The van der Waals surface area contributed by atoms with Crippen LogP contribution in [-0.2, 0) is 0 Å². The van der Waals surface area contributed by atoms with Gasteiger partial charge in [-0.2, -0.15) is 0 Å². The summed E-state index contributed by atoms with van der Waals surface area (Å²) >= 11 is 0. The predicted octanol–water partition coefficient (Wildman–Crippen LogP) is 1.68. The summed E-state index contributed by atoms with van der Waals surface area (Å²) < 4.78 is 0. The molecule has 5 nitrogen and oxygen atoms in total. The third kappa shape index (κ3) is 2.60. The number of hydrogen-bond acceptors (Lipinski definition) is 4. The quantitative estimate of drug-likeness (QED) is 0.832. The Bertz CT molecular complexity index is 423. The number of amides is 1. The van der Waals surface area contributed by atoms with E-state index in [9.17, 15) is 4.79 Å². The smallest absolute Gasteiger partial charge is 0.271 e. The first-order valence-corrected chi connectivity index (χ1v) is 6.37. The first-order chi connectivity index (χ1) is 8.57. The SMILES string of the molecule is CNc1ccc(C(=O)NCC2(C(C)C)CC2)nn1. The van der Waals surface area contributed by atoms with E-state index in [0.29, 0.717) is 22.8 Å². The van der Waals surface area contributed by atoms with Gasteiger partial charge in [0.2, 0.25) is 0 Å². The van der Waals surface area contributed by atoms with Gasteiger partial charge in [-0.25, -0.2) is 0 Å². The van der Waals surface area contributed by atoms with Gasteiger partial charge >= 0.3 is 0 Å². The van der Waals surface area contributed by atoms with Gasteiger partial charge in [-0.3, -0.25) is 4.79 Å². The number of carbonyl (C=O) groups is 1. The van der Waals surface area contributed by atoms with Crippen LogP contribution < -0.4 is 10.6 Å². The highest BCUT2D eigenvalue weighted by molar-refractivity contribution is 5.92. The molecule has 0 atom stereocenters. The standard InChI is InChI=1S/C13H20N4O/c1-9(2)13(6-7-13)8-15-12(18)10-4-5-11(14-3)17-16-10/h4-5,9H,6-8H2,1-3H3,(H,14,17)(H,15,18). The Hall–Kier alpha value is -1.65. The topological polar surface area (TPSA) is 66.9 Å². The first-order valence-electron chi connectivity index (χ1n) is 6.37. The predicted molar refractivity (Wildman–Crippen MR) is 70.4 cm³/mol. The van der Waals surface area contributed by atoms with Crippen LogP contribution in [0.3, 0.4) is 0 Å². The Balaban J connectivity index is 1.91. The third-order valence-electron chi connectivity index (χ3n) is 3.87. The van der Waals surface area contributed by atoms with E-state index in [1.165, 1.54) is 12.8 Å².